The zero-order valence-electron chi connectivity index (χ0n) is 8.81. The first kappa shape index (κ1) is 13.5. The highest BCUT2D eigenvalue weighted by atomic mass is 127. The van der Waals surface area contributed by atoms with Crippen LogP contribution >= 0.6 is 38.5 Å². The van der Waals surface area contributed by atoms with Crippen molar-refractivity contribution in [1.82, 2.24) is 5.32 Å². The second kappa shape index (κ2) is 8.53. The van der Waals surface area contributed by atoms with Gasteiger partial charge in [0.25, 0.3) is 0 Å². The van der Waals surface area contributed by atoms with Crippen molar-refractivity contribution >= 4 is 38.5 Å². The van der Waals surface area contributed by atoms with E-state index in [-0.39, 0.29) is 0 Å². The Balaban J connectivity index is 2.07. The number of unbranched alkanes of at least 4 members (excludes halogenated alkanes) is 2. The molecule has 0 aliphatic rings. The molecule has 0 aromatic heterocycles. The van der Waals surface area contributed by atoms with Gasteiger partial charge in [0, 0.05) is 15.4 Å². The van der Waals surface area contributed by atoms with Gasteiger partial charge in [0.15, 0.2) is 0 Å². The number of rotatable bonds is 7. The van der Waals surface area contributed by atoms with Crippen LogP contribution in [0.4, 0.5) is 0 Å². The Bertz CT molecular complexity index is 261. The molecule has 0 saturated heterocycles. The Morgan fingerprint density at radius 1 is 1.07 bits per heavy atom. The van der Waals surface area contributed by atoms with Crippen molar-refractivity contribution in [2.24, 2.45) is 0 Å². The fraction of sp³-hybridized carbons (Fsp3) is 0.500. The molecule has 0 saturated carbocycles. The molecular weight excluding hydrogens is 365 g/mol. The van der Waals surface area contributed by atoms with Gasteiger partial charge in [-0.1, -0.05) is 34.5 Å². The fourth-order valence-corrected chi connectivity index (χ4v) is 2.11. The number of hydrogen-bond donors (Lipinski definition) is 1. The summed E-state index contributed by atoms with van der Waals surface area (Å²) in [6.45, 7) is 2.12. The molecule has 15 heavy (non-hydrogen) atoms. The Morgan fingerprint density at radius 2 is 1.80 bits per heavy atom. The molecule has 0 radical (unpaired) electrons. The topological polar surface area (TPSA) is 12.0 Å². The molecule has 0 unspecified atom stereocenters. The standard InChI is InChI=1S/C12H17BrIN/c13-8-2-1-3-9-15-10-11-4-6-12(14)7-5-11/h4-7,15H,1-3,8-10H2. The predicted octanol–water partition coefficient (Wildman–Crippen LogP) is 3.95. The molecule has 3 heteroatoms. The van der Waals surface area contributed by atoms with Crippen molar-refractivity contribution in [2.45, 2.75) is 25.8 Å². The lowest BCUT2D eigenvalue weighted by atomic mass is 10.2. The molecular formula is C12H17BrIN. The Kier molecular flexibility index (Phi) is 7.65. The first-order chi connectivity index (χ1) is 7.33. The van der Waals surface area contributed by atoms with Crippen LogP contribution in [-0.2, 0) is 6.54 Å². The summed E-state index contributed by atoms with van der Waals surface area (Å²) in [5, 5.41) is 4.59. The monoisotopic (exact) mass is 381 g/mol. The van der Waals surface area contributed by atoms with Crippen LogP contribution in [0.3, 0.4) is 0 Å². The van der Waals surface area contributed by atoms with Crippen LogP contribution in [0.2, 0.25) is 0 Å². The second-order valence-corrected chi connectivity index (χ2v) is 5.59. The number of alkyl halides is 1. The average molecular weight is 382 g/mol. The third-order valence-corrected chi connectivity index (χ3v) is 3.51. The molecule has 1 N–H and O–H groups in total. The normalized spacial score (nSPS) is 10.5. The van der Waals surface area contributed by atoms with Gasteiger partial charge >= 0.3 is 0 Å². The van der Waals surface area contributed by atoms with Crippen LogP contribution in [0.15, 0.2) is 24.3 Å². The first-order valence-electron chi connectivity index (χ1n) is 5.34. The zero-order valence-corrected chi connectivity index (χ0v) is 12.6. The molecule has 0 spiro atoms. The van der Waals surface area contributed by atoms with E-state index in [1.54, 1.807) is 0 Å². The van der Waals surface area contributed by atoms with Gasteiger partial charge in [-0.25, -0.2) is 0 Å². The summed E-state index contributed by atoms with van der Waals surface area (Å²) < 4.78 is 1.30. The Hall–Kier alpha value is 0.390. The number of benzene rings is 1. The Morgan fingerprint density at radius 3 is 2.47 bits per heavy atom. The third kappa shape index (κ3) is 6.53. The van der Waals surface area contributed by atoms with Crippen LogP contribution in [0.5, 0.6) is 0 Å². The van der Waals surface area contributed by atoms with Gasteiger partial charge in [0.05, 0.1) is 0 Å². The Labute approximate surface area is 114 Å². The van der Waals surface area contributed by atoms with E-state index in [9.17, 15) is 0 Å². The van der Waals surface area contributed by atoms with Crippen LogP contribution in [0.1, 0.15) is 24.8 Å². The van der Waals surface area contributed by atoms with E-state index in [4.69, 9.17) is 0 Å². The lowest BCUT2D eigenvalue weighted by Crippen LogP contribution is -2.14. The minimum Gasteiger partial charge on any atom is -0.313 e. The van der Waals surface area contributed by atoms with Crippen LogP contribution in [0.25, 0.3) is 0 Å². The molecule has 1 aromatic carbocycles. The van der Waals surface area contributed by atoms with Crippen LogP contribution < -0.4 is 5.32 Å². The van der Waals surface area contributed by atoms with Crippen molar-refractivity contribution in [3.63, 3.8) is 0 Å². The molecule has 84 valence electrons. The van der Waals surface area contributed by atoms with Crippen molar-refractivity contribution in [1.29, 1.82) is 0 Å². The van der Waals surface area contributed by atoms with Crippen molar-refractivity contribution in [2.75, 3.05) is 11.9 Å². The lowest BCUT2D eigenvalue weighted by molar-refractivity contribution is 0.619. The van der Waals surface area contributed by atoms with Crippen molar-refractivity contribution in [3.8, 4) is 0 Å². The molecule has 0 aliphatic carbocycles. The SMILES string of the molecule is BrCCCCCNCc1ccc(I)cc1. The number of halogens is 2. The highest BCUT2D eigenvalue weighted by Crippen LogP contribution is 2.06. The minimum atomic E-state index is 0.991. The lowest BCUT2D eigenvalue weighted by Gasteiger charge is -2.04. The summed E-state index contributed by atoms with van der Waals surface area (Å²) in [7, 11) is 0. The van der Waals surface area contributed by atoms with Gasteiger partial charge in [-0.05, 0) is 59.7 Å². The summed E-state index contributed by atoms with van der Waals surface area (Å²) in [4.78, 5) is 0. The van der Waals surface area contributed by atoms with Crippen molar-refractivity contribution in [3.05, 3.63) is 33.4 Å². The molecule has 0 bridgehead atoms. The second-order valence-electron chi connectivity index (χ2n) is 3.55. The van der Waals surface area contributed by atoms with Gasteiger partial charge in [0.2, 0.25) is 0 Å². The third-order valence-electron chi connectivity index (χ3n) is 2.23. The minimum absolute atomic E-state index is 0.991. The maximum atomic E-state index is 3.46. The zero-order chi connectivity index (χ0) is 10.9. The highest BCUT2D eigenvalue weighted by Gasteiger charge is 1.92. The highest BCUT2D eigenvalue weighted by molar-refractivity contribution is 14.1. The van der Waals surface area contributed by atoms with E-state index in [0.717, 1.165) is 18.4 Å². The van der Waals surface area contributed by atoms with Gasteiger partial charge in [-0.15, -0.1) is 0 Å². The summed E-state index contributed by atoms with van der Waals surface area (Å²) in [6, 6.07) is 8.69. The van der Waals surface area contributed by atoms with E-state index in [2.05, 4.69) is 68.1 Å². The van der Waals surface area contributed by atoms with Gasteiger partial charge < -0.3 is 5.32 Å². The van der Waals surface area contributed by atoms with E-state index in [1.807, 2.05) is 0 Å². The molecule has 0 aliphatic heterocycles. The molecule has 1 nitrogen and oxygen atoms in total. The largest absolute Gasteiger partial charge is 0.313 e. The maximum Gasteiger partial charge on any atom is 0.0205 e. The molecule has 1 rings (SSSR count). The number of nitrogens with one attached hydrogen (secondary N) is 1. The van der Waals surface area contributed by atoms with Gasteiger partial charge in [-0.2, -0.15) is 0 Å². The summed E-state index contributed by atoms with van der Waals surface area (Å²) >= 11 is 5.77. The smallest absolute Gasteiger partial charge is 0.0205 e. The van der Waals surface area contributed by atoms with Gasteiger partial charge in [0.1, 0.15) is 0 Å². The van der Waals surface area contributed by atoms with E-state index in [0.29, 0.717) is 0 Å². The van der Waals surface area contributed by atoms with E-state index < -0.39 is 0 Å². The van der Waals surface area contributed by atoms with Crippen molar-refractivity contribution < 1.29 is 0 Å². The van der Waals surface area contributed by atoms with E-state index >= 15 is 0 Å². The first-order valence-corrected chi connectivity index (χ1v) is 7.54. The summed E-state index contributed by atoms with van der Waals surface area (Å²) in [5.74, 6) is 0. The average Bonchev–Trinajstić information content (AvgIpc) is 2.26. The summed E-state index contributed by atoms with van der Waals surface area (Å²) in [6.07, 6.45) is 3.87. The van der Waals surface area contributed by atoms with Gasteiger partial charge in [-0.3, -0.25) is 0 Å². The molecule has 1 aromatic rings. The fourth-order valence-electron chi connectivity index (χ4n) is 1.36. The van der Waals surface area contributed by atoms with Crippen LogP contribution in [0, 0.1) is 3.57 Å². The molecule has 0 amide bonds. The molecule has 0 fully saturated rings. The van der Waals surface area contributed by atoms with E-state index in [1.165, 1.54) is 28.4 Å². The quantitative estimate of drug-likeness (QED) is 0.428. The summed E-state index contributed by atoms with van der Waals surface area (Å²) in [5.41, 5.74) is 1.37. The molecule has 0 heterocycles. The van der Waals surface area contributed by atoms with Crippen LogP contribution in [-0.4, -0.2) is 11.9 Å². The number of hydrogen-bond acceptors (Lipinski definition) is 1. The molecule has 0 atom stereocenters. The predicted molar refractivity (Wildman–Crippen MR) is 78.5 cm³/mol. The maximum absolute atomic E-state index is 3.46.